The van der Waals surface area contributed by atoms with E-state index in [-0.39, 0.29) is 5.91 Å². The summed E-state index contributed by atoms with van der Waals surface area (Å²) in [6.45, 7) is 1.96. The third-order valence-electron chi connectivity index (χ3n) is 4.77. The van der Waals surface area contributed by atoms with E-state index in [4.69, 9.17) is 32.9 Å². The van der Waals surface area contributed by atoms with Crippen molar-refractivity contribution in [3.8, 4) is 17.0 Å². The molecule has 4 rings (SSSR count). The van der Waals surface area contributed by atoms with Gasteiger partial charge in [0.25, 0.3) is 5.91 Å². The minimum absolute atomic E-state index is 0.260. The van der Waals surface area contributed by atoms with Gasteiger partial charge in [-0.05, 0) is 55.0 Å². The summed E-state index contributed by atoms with van der Waals surface area (Å²) in [5.74, 6) is 0.331. The van der Waals surface area contributed by atoms with Crippen molar-refractivity contribution in [3.63, 3.8) is 0 Å². The molecule has 0 bridgehead atoms. The fraction of sp³-hybridized carbons (Fsp3) is 0.0833. The van der Waals surface area contributed by atoms with E-state index < -0.39 is 0 Å². The number of carbonyl (C=O) groups excluding carboxylic acids is 1. The van der Waals surface area contributed by atoms with Crippen molar-refractivity contribution in [3.05, 3.63) is 87.9 Å². The molecule has 0 saturated heterocycles. The number of benzene rings is 3. The van der Waals surface area contributed by atoms with Crippen LogP contribution in [0.4, 0.5) is 5.69 Å². The second-order valence-electron chi connectivity index (χ2n) is 6.85. The summed E-state index contributed by atoms with van der Waals surface area (Å²) in [6, 6.07) is 20.1. The number of fused-ring (bicyclic) bond motifs is 1. The molecule has 0 spiro atoms. The number of ether oxygens (including phenoxy) is 1. The predicted octanol–water partition coefficient (Wildman–Crippen LogP) is 6.78. The lowest BCUT2D eigenvalue weighted by Crippen LogP contribution is -2.14. The number of pyridine rings is 1. The number of hydrogen-bond acceptors (Lipinski definition) is 3. The lowest BCUT2D eigenvalue weighted by atomic mass is 10.0. The van der Waals surface area contributed by atoms with E-state index >= 15 is 0 Å². The van der Waals surface area contributed by atoms with Crippen molar-refractivity contribution < 1.29 is 9.53 Å². The standard InChI is InChI=1S/C24H18Cl2N2O2/c1-14-7-10-23(30-2)22(11-14)28-24(29)18-13-21(17-9-8-15(25)12-19(17)26)27-20-6-4-3-5-16(18)20/h3-13H,1-2H3,(H,28,29). The van der Waals surface area contributed by atoms with E-state index in [0.717, 1.165) is 10.9 Å². The summed E-state index contributed by atoms with van der Waals surface area (Å²) >= 11 is 12.4. The van der Waals surface area contributed by atoms with Crippen LogP contribution >= 0.6 is 23.2 Å². The summed E-state index contributed by atoms with van der Waals surface area (Å²) in [4.78, 5) is 18.0. The molecule has 1 aromatic heterocycles. The topological polar surface area (TPSA) is 51.2 Å². The van der Waals surface area contributed by atoms with Gasteiger partial charge in [0.05, 0.1) is 34.6 Å². The molecule has 4 aromatic rings. The summed E-state index contributed by atoms with van der Waals surface area (Å²) in [5.41, 5.74) is 4.10. The second kappa shape index (κ2) is 8.34. The fourth-order valence-corrected chi connectivity index (χ4v) is 3.81. The molecule has 30 heavy (non-hydrogen) atoms. The van der Waals surface area contributed by atoms with Crippen molar-refractivity contribution in [1.82, 2.24) is 4.98 Å². The van der Waals surface area contributed by atoms with Crippen molar-refractivity contribution in [2.24, 2.45) is 0 Å². The van der Waals surface area contributed by atoms with Crippen LogP contribution in [0.25, 0.3) is 22.2 Å². The lowest BCUT2D eigenvalue weighted by Gasteiger charge is -2.14. The van der Waals surface area contributed by atoms with E-state index in [1.165, 1.54) is 0 Å². The van der Waals surface area contributed by atoms with Crippen LogP contribution in [0.1, 0.15) is 15.9 Å². The van der Waals surface area contributed by atoms with Gasteiger partial charge in [0.2, 0.25) is 0 Å². The Balaban J connectivity index is 1.84. The van der Waals surface area contributed by atoms with Gasteiger partial charge in [-0.3, -0.25) is 4.79 Å². The van der Waals surface area contributed by atoms with Crippen LogP contribution in [-0.4, -0.2) is 18.0 Å². The highest BCUT2D eigenvalue weighted by Gasteiger charge is 2.17. The largest absolute Gasteiger partial charge is 0.495 e. The van der Waals surface area contributed by atoms with Crippen LogP contribution in [0.3, 0.4) is 0 Å². The maximum Gasteiger partial charge on any atom is 0.256 e. The van der Waals surface area contributed by atoms with Gasteiger partial charge in [-0.1, -0.05) is 47.5 Å². The number of carbonyl (C=O) groups is 1. The van der Waals surface area contributed by atoms with Crippen LogP contribution in [0.2, 0.25) is 10.0 Å². The van der Waals surface area contributed by atoms with Gasteiger partial charge in [-0.25, -0.2) is 4.98 Å². The number of nitrogens with zero attached hydrogens (tertiary/aromatic N) is 1. The number of methoxy groups -OCH3 is 1. The molecule has 1 N–H and O–H groups in total. The van der Waals surface area contributed by atoms with Crippen LogP contribution in [0.5, 0.6) is 5.75 Å². The number of rotatable bonds is 4. The molecule has 0 atom stereocenters. The first-order valence-corrected chi connectivity index (χ1v) is 10.0. The molecule has 0 aliphatic carbocycles. The normalized spacial score (nSPS) is 10.8. The molecule has 150 valence electrons. The monoisotopic (exact) mass is 436 g/mol. The Morgan fingerprint density at radius 1 is 1.00 bits per heavy atom. The highest BCUT2D eigenvalue weighted by Crippen LogP contribution is 2.33. The molecule has 3 aromatic carbocycles. The zero-order valence-electron chi connectivity index (χ0n) is 16.4. The van der Waals surface area contributed by atoms with E-state index in [0.29, 0.717) is 43.8 Å². The number of hydrogen-bond donors (Lipinski definition) is 1. The third-order valence-corrected chi connectivity index (χ3v) is 5.32. The van der Waals surface area contributed by atoms with Gasteiger partial charge < -0.3 is 10.1 Å². The van der Waals surface area contributed by atoms with E-state index in [1.807, 2.05) is 49.4 Å². The maximum absolute atomic E-state index is 13.3. The van der Waals surface area contributed by atoms with Gasteiger partial charge in [0.15, 0.2) is 0 Å². The Bertz CT molecular complexity index is 1270. The Hall–Kier alpha value is -3.08. The van der Waals surface area contributed by atoms with E-state index in [1.54, 1.807) is 31.4 Å². The first kappa shape index (κ1) is 20.2. The highest BCUT2D eigenvalue weighted by molar-refractivity contribution is 6.36. The summed E-state index contributed by atoms with van der Waals surface area (Å²) in [5, 5.41) is 4.72. The number of amides is 1. The number of halogens is 2. The van der Waals surface area contributed by atoms with E-state index in [9.17, 15) is 4.79 Å². The molecule has 0 aliphatic rings. The van der Waals surface area contributed by atoms with Crippen molar-refractivity contribution in [1.29, 1.82) is 0 Å². The third kappa shape index (κ3) is 3.97. The van der Waals surface area contributed by atoms with Crippen molar-refractivity contribution in [2.75, 3.05) is 12.4 Å². The molecular formula is C24H18Cl2N2O2. The first-order chi connectivity index (χ1) is 14.5. The molecule has 1 heterocycles. The fourth-order valence-electron chi connectivity index (χ4n) is 3.31. The number of nitrogens with one attached hydrogen (secondary N) is 1. The van der Waals surface area contributed by atoms with Gasteiger partial charge in [0.1, 0.15) is 5.75 Å². The molecule has 4 nitrogen and oxygen atoms in total. The molecule has 0 aliphatic heterocycles. The number of aryl methyl sites for hydroxylation is 1. The smallest absolute Gasteiger partial charge is 0.256 e. The Morgan fingerprint density at radius 3 is 2.57 bits per heavy atom. The quantitative estimate of drug-likeness (QED) is 0.383. The number of para-hydroxylation sites is 1. The minimum Gasteiger partial charge on any atom is -0.495 e. The lowest BCUT2D eigenvalue weighted by molar-refractivity contribution is 0.102. The molecule has 0 unspecified atom stereocenters. The van der Waals surface area contributed by atoms with Crippen LogP contribution in [0.15, 0.2) is 66.7 Å². The van der Waals surface area contributed by atoms with Gasteiger partial charge in [-0.2, -0.15) is 0 Å². The molecular weight excluding hydrogens is 419 g/mol. The van der Waals surface area contributed by atoms with E-state index in [2.05, 4.69) is 5.32 Å². The van der Waals surface area contributed by atoms with Crippen molar-refractivity contribution >= 4 is 45.7 Å². The Kier molecular flexibility index (Phi) is 5.62. The second-order valence-corrected chi connectivity index (χ2v) is 7.70. The maximum atomic E-state index is 13.3. The van der Waals surface area contributed by atoms with Crippen molar-refractivity contribution in [2.45, 2.75) is 6.92 Å². The zero-order chi connectivity index (χ0) is 21.3. The first-order valence-electron chi connectivity index (χ1n) is 9.27. The summed E-state index contributed by atoms with van der Waals surface area (Å²) < 4.78 is 5.39. The summed E-state index contributed by atoms with van der Waals surface area (Å²) in [6.07, 6.45) is 0. The number of anilines is 1. The van der Waals surface area contributed by atoms with Crippen LogP contribution in [-0.2, 0) is 0 Å². The average molecular weight is 437 g/mol. The summed E-state index contributed by atoms with van der Waals surface area (Å²) in [7, 11) is 1.57. The molecule has 6 heteroatoms. The van der Waals surface area contributed by atoms with Gasteiger partial charge in [-0.15, -0.1) is 0 Å². The SMILES string of the molecule is COc1ccc(C)cc1NC(=O)c1cc(-c2ccc(Cl)cc2Cl)nc2ccccc12. The predicted molar refractivity (Wildman–Crippen MR) is 123 cm³/mol. The Labute approximate surface area is 184 Å². The van der Waals surface area contributed by atoms with Gasteiger partial charge in [0, 0.05) is 16.0 Å². The minimum atomic E-state index is -0.260. The molecule has 0 radical (unpaired) electrons. The zero-order valence-corrected chi connectivity index (χ0v) is 17.9. The molecule has 0 saturated carbocycles. The number of aromatic nitrogens is 1. The molecule has 0 fully saturated rings. The van der Waals surface area contributed by atoms with Gasteiger partial charge >= 0.3 is 0 Å². The average Bonchev–Trinajstić information content (AvgIpc) is 2.73. The Morgan fingerprint density at radius 2 is 1.80 bits per heavy atom. The van der Waals surface area contributed by atoms with Crippen LogP contribution < -0.4 is 10.1 Å². The van der Waals surface area contributed by atoms with Crippen LogP contribution in [0, 0.1) is 6.92 Å². The highest BCUT2D eigenvalue weighted by atomic mass is 35.5. The molecule has 1 amide bonds.